The van der Waals surface area contributed by atoms with Crippen LogP contribution in [0.5, 0.6) is 0 Å². The summed E-state index contributed by atoms with van der Waals surface area (Å²) in [6.07, 6.45) is 3.49. The number of nitrogens with zero attached hydrogens (tertiary/aromatic N) is 5. The normalized spacial score (nSPS) is 19.5. The predicted molar refractivity (Wildman–Crippen MR) is 94.7 cm³/mol. The maximum absolute atomic E-state index is 13.0. The van der Waals surface area contributed by atoms with Gasteiger partial charge in [0.1, 0.15) is 5.82 Å². The molecule has 2 heterocycles. The molecule has 0 saturated carbocycles. The fraction of sp³-hybridized carbons (Fsp3) is 0.750. The van der Waals surface area contributed by atoms with Gasteiger partial charge in [0.05, 0.1) is 11.7 Å². The van der Waals surface area contributed by atoms with Gasteiger partial charge in [-0.1, -0.05) is 13.8 Å². The van der Waals surface area contributed by atoms with Gasteiger partial charge in [-0.25, -0.2) is 9.97 Å². The molecule has 0 radical (unpaired) electrons. The van der Waals surface area contributed by atoms with Crippen molar-refractivity contribution in [1.82, 2.24) is 23.5 Å². The van der Waals surface area contributed by atoms with Gasteiger partial charge in [0.15, 0.2) is 0 Å². The molecule has 0 amide bonds. The van der Waals surface area contributed by atoms with E-state index in [2.05, 4.69) is 14.9 Å². The molecule has 1 aliphatic rings. The fourth-order valence-corrected chi connectivity index (χ4v) is 5.09. The van der Waals surface area contributed by atoms with E-state index >= 15 is 0 Å². The molecular weight excluding hydrogens is 326 g/mol. The number of aromatic nitrogens is 2. The highest BCUT2D eigenvalue weighted by atomic mass is 32.2. The molecular formula is C16H29N5O2S. The molecule has 1 saturated heterocycles. The van der Waals surface area contributed by atoms with Crippen LogP contribution in [0.1, 0.15) is 49.8 Å². The molecule has 1 fully saturated rings. The number of hydrogen-bond acceptors (Lipinski definition) is 5. The van der Waals surface area contributed by atoms with Gasteiger partial charge in [-0.05, 0) is 33.9 Å². The summed E-state index contributed by atoms with van der Waals surface area (Å²) in [5.41, 5.74) is 1.85. The first-order chi connectivity index (χ1) is 11.3. The van der Waals surface area contributed by atoms with Gasteiger partial charge in [-0.3, -0.25) is 0 Å². The van der Waals surface area contributed by atoms with Crippen LogP contribution >= 0.6 is 0 Å². The first-order valence-corrected chi connectivity index (χ1v) is 9.95. The van der Waals surface area contributed by atoms with Crippen LogP contribution in [0, 0.1) is 6.92 Å². The summed E-state index contributed by atoms with van der Waals surface area (Å²) in [6, 6.07) is -0.202. The highest BCUT2D eigenvalue weighted by molar-refractivity contribution is 7.86. The fourth-order valence-electron chi connectivity index (χ4n) is 3.25. The smallest absolute Gasteiger partial charge is 0.282 e. The van der Waals surface area contributed by atoms with Crippen molar-refractivity contribution in [1.29, 1.82) is 0 Å². The zero-order valence-corrected chi connectivity index (χ0v) is 16.2. The summed E-state index contributed by atoms with van der Waals surface area (Å²) in [4.78, 5) is 11.0. The second-order valence-corrected chi connectivity index (χ2v) is 8.31. The van der Waals surface area contributed by atoms with Gasteiger partial charge in [0.2, 0.25) is 0 Å². The molecule has 136 valence electrons. The van der Waals surface area contributed by atoms with Crippen molar-refractivity contribution in [3.8, 4) is 0 Å². The molecule has 0 aliphatic carbocycles. The molecule has 1 aromatic heterocycles. The zero-order valence-electron chi connectivity index (χ0n) is 15.4. The average molecular weight is 356 g/mol. The van der Waals surface area contributed by atoms with E-state index in [1.807, 2.05) is 41.1 Å². The third-order valence-electron chi connectivity index (χ3n) is 4.35. The van der Waals surface area contributed by atoms with Gasteiger partial charge in [0, 0.05) is 37.9 Å². The maximum Gasteiger partial charge on any atom is 0.282 e. The van der Waals surface area contributed by atoms with Crippen molar-refractivity contribution < 1.29 is 8.42 Å². The lowest BCUT2D eigenvalue weighted by Crippen LogP contribution is -2.43. The van der Waals surface area contributed by atoms with Gasteiger partial charge < -0.3 is 4.90 Å². The lowest BCUT2D eigenvalue weighted by Gasteiger charge is -2.30. The topological polar surface area (TPSA) is 69.6 Å². The largest absolute Gasteiger partial charge is 0.305 e. The SMILES string of the molecule is CCN(CC)S(=O)(=O)N1CCC[C@@H]1c1nc(C)ncc1CN(C)C. The van der Waals surface area contributed by atoms with E-state index in [0.29, 0.717) is 32.0 Å². The Kier molecular flexibility index (Phi) is 6.30. The van der Waals surface area contributed by atoms with Crippen LogP contribution in [-0.2, 0) is 16.8 Å². The summed E-state index contributed by atoms with van der Waals surface area (Å²) >= 11 is 0. The van der Waals surface area contributed by atoms with Crippen molar-refractivity contribution in [3.63, 3.8) is 0 Å². The average Bonchev–Trinajstić information content (AvgIpc) is 2.99. The standard InChI is InChI=1S/C16H29N5O2S/c1-6-20(7-2)24(22,23)21-10-8-9-15(21)16-14(12-19(4)5)11-17-13(3)18-16/h11,15H,6-10,12H2,1-5H3/t15-/m1/s1. The molecule has 1 aliphatic heterocycles. The number of rotatable bonds is 7. The monoisotopic (exact) mass is 355 g/mol. The summed E-state index contributed by atoms with van der Waals surface area (Å²) < 4.78 is 29.1. The van der Waals surface area contributed by atoms with Crippen LogP contribution in [0.2, 0.25) is 0 Å². The van der Waals surface area contributed by atoms with Crippen LogP contribution in [-0.4, -0.2) is 65.6 Å². The van der Waals surface area contributed by atoms with E-state index in [1.165, 1.54) is 4.31 Å². The van der Waals surface area contributed by atoms with E-state index in [9.17, 15) is 8.42 Å². The van der Waals surface area contributed by atoms with Crippen LogP contribution in [0.15, 0.2) is 6.20 Å². The van der Waals surface area contributed by atoms with Crippen LogP contribution in [0.25, 0.3) is 0 Å². The van der Waals surface area contributed by atoms with Crippen molar-refractivity contribution in [2.24, 2.45) is 0 Å². The van der Waals surface area contributed by atoms with Crippen molar-refractivity contribution in [2.75, 3.05) is 33.7 Å². The second kappa shape index (κ2) is 7.86. The number of aryl methyl sites for hydroxylation is 1. The molecule has 0 aromatic carbocycles. The van der Waals surface area contributed by atoms with Crippen molar-refractivity contribution >= 4 is 10.2 Å². The van der Waals surface area contributed by atoms with Crippen molar-refractivity contribution in [2.45, 2.75) is 46.2 Å². The Labute approximate surface area is 145 Å². The second-order valence-electron chi connectivity index (χ2n) is 6.43. The van der Waals surface area contributed by atoms with Gasteiger partial charge in [-0.15, -0.1) is 0 Å². The van der Waals surface area contributed by atoms with E-state index in [1.54, 1.807) is 4.31 Å². The molecule has 0 unspecified atom stereocenters. The van der Waals surface area contributed by atoms with Crippen LogP contribution in [0.4, 0.5) is 0 Å². The Morgan fingerprint density at radius 1 is 1.29 bits per heavy atom. The molecule has 2 rings (SSSR count). The van der Waals surface area contributed by atoms with Crippen LogP contribution in [0.3, 0.4) is 0 Å². The summed E-state index contributed by atoms with van der Waals surface area (Å²) in [6.45, 7) is 7.81. The summed E-state index contributed by atoms with van der Waals surface area (Å²) in [5, 5.41) is 0. The molecule has 7 nitrogen and oxygen atoms in total. The Morgan fingerprint density at radius 3 is 2.54 bits per heavy atom. The third kappa shape index (κ3) is 3.93. The lowest BCUT2D eigenvalue weighted by atomic mass is 10.1. The Hall–Kier alpha value is -1.09. The van der Waals surface area contributed by atoms with Gasteiger partial charge >= 0.3 is 0 Å². The van der Waals surface area contributed by atoms with E-state index in [4.69, 9.17) is 0 Å². The number of hydrogen-bond donors (Lipinski definition) is 0. The molecule has 24 heavy (non-hydrogen) atoms. The minimum absolute atomic E-state index is 0.202. The van der Waals surface area contributed by atoms with Crippen molar-refractivity contribution in [3.05, 3.63) is 23.3 Å². The summed E-state index contributed by atoms with van der Waals surface area (Å²) in [7, 11) is 0.514. The molecule has 0 N–H and O–H groups in total. The highest BCUT2D eigenvalue weighted by Crippen LogP contribution is 2.36. The first-order valence-electron chi connectivity index (χ1n) is 8.55. The zero-order chi connectivity index (χ0) is 17.9. The molecule has 0 spiro atoms. The van der Waals surface area contributed by atoms with Gasteiger partial charge in [0.25, 0.3) is 10.2 Å². The molecule has 8 heteroatoms. The minimum Gasteiger partial charge on any atom is -0.305 e. The van der Waals surface area contributed by atoms with E-state index < -0.39 is 10.2 Å². The van der Waals surface area contributed by atoms with Gasteiger partial charge in [-0.2, -0.15) is 17.0 Å². The molecule has 0 bridgehead atoms. The quantitative estimate of drug-likeness (QED) is 0.742. The van der Waals surface area contributed by atoms with Crippen LogP contribution < -0.4 is 0 Å². The third-order valence-corrected chi connectivity index (χ3v) is 6.55. The minimum atomic E-state index is -3.46. The lowest BCUT2D eigenvalue weighted by molar-refractivity contribution is 0.329. The summed E-state index contributed by atoms with van der Waals surface area (Å²) in [5.74, 6) is 0.680. The van der Waals surface area contributed by atoms with E-state index in [-0.39, 0.29) is 6.04 Å². The highest BCUT2D eigenvalue weighted by Gasteiger charge is 2.39. The Balaban J connectivity index is 2.42. The first kappa shape index (κ1) is 19.2. The Bertz CT molecular complexity index is 658. The van der Waals surface area contributed by atoms with E-state index in [0.717, 1.165) is 24.1 Å². The molecule has 1 aromatic rings. The predicted octanol–water partition coefficient (Wildman–Crippen LogP) is 1.57. The Morgan fingerprint density at radius 2 is 1.96 bits per heavy atom. The maximum atomic E-state index is 13.0. The molecule has 1 atom stereocenters.